The van der Waals surface area contributed by atoms with Crippen LogP contribution in [-0.4, -0.2) is 76.1 Å². The van der Waals surface area contributed by atoms with E-state index in [1.165, 1.54) is 12.1 Å². The Morgan fingerprint density at radius 3 is 1.94 bits per heavy atom. The molecule has 0 spiro atoms. The molecule has 0 aliphatic heterocycles. The van der Waals surface area contributed by atoms with Gasteiger partial charge in [0.05, 0.1) is 6.04 Å². The van der Waals surface area contributed by atoms with Crippen LogP contribution in [0.3, 0.4) is 0 Å². The summed E-state index contributed by atoms with van der Waals surface area (Å²) in [5, 5.41) is 26.3. The van der Waals surface area contributed by atoms with Gasteiger partial charge in [0, 0.05) is 17.9 Å². The molecular weight excluding hydrogens is 482 g/mol. The Morgan fingerprint density at radius 1 is 0.853 bits per heavy atom. The minimum Gasteiger partial charge on any atom is -0.508 e. The lowest BCUT2D eigenvalue weighted by atomic mass is 10.0. The molecule has 1 aromatic carbocycles. The van der Waals surface area contributed by atoms with Crippen LogP contribution in [0.2, 0.25) is 0 Å². The van der Waals surface area contributed by atoms with Crippen LogP contribution in [0.5, 0.6) is 5.75 Å². The molecule has 0 heterocycles. The number of rotatable bonds is 15. The number of phenolic OH excluding ortho intramolecular Hbond substituents is 1. The number of aliphatic carboxylic acids is 1. The number of aromatic hydroxyl groups is 1. The summed E-state index contributed by atoms with van der Waals surface area (Å²) in [5.41, 5.74) is 11.8. The number of benzene rings is 1. The molecule has 9 N–H and O–H groups in total. The number of carboxylic acids is 1. The average Bonchev–Trinajstić information content (AvgIpc) is 2.81. The molecule has 4 unspecified atom stereocenters. The number of carbonyl (C=O) groups excluding carboxylic acids is 3. The fourth-order valence-electron chi connectivity index (χ4n) is 2.93. The van der Waals surface area contributed by atoms with Gasteiger partial charge in [-0.15, -0.1) is 0 Å². The number of hydrogen-bond acceptors (Lipinski definition) is 9. The number of phenols is 1. The van der Waals surface area contributed by atoms with Crippen LogP contribution in [0.1, 0.15) is 24.8 Å². The Hall–Kier alpha value is -2.48. The number of unbranched alkanes of at least 4 members (excludes halogenated alkanes) is 1. The van der Waals surface area contributed by atoms with Crippen LogP contribution in [0.4, 0.5) is 0 Å². The van der Waals surface area contributed by atoms with Crippen molar-refractivity contribution in [2.75, 3.05) is 18.1 Å². The van der Waals surface area contributed by atoms with Crippen LogP contribution < -0.4 is 27.4 Å². The van der Waals surface area contributed by atoms with Crippen molar-refractivity contribution < 1.29 is 29.4 Å². The van der Waals surface area contributed by atoms with E-state index >= 15 is 0 Å². The Morgan fingerprint density at radius 2 is 1.41 bits per heavy atom. The summed E-state index contributed by atoms with van der Waals surface area (Å²) in [6.07, 6.45) is 1.36. The van der Waals surface area contributed by atoms with Crippen molar-refractivity contribution in [2.24, 2.45) is 11.5 Å². The molecule has 0 radical (unpaired) electrons. The summed E-state index contributed by atoms with van der Waals surface area (Å²) in [7, 11) is 0. The molecule has 11 nitrogen and oxygen atoms in total. The Balaban J connectivity index is 2.94. The van der Waals surface area contributed by atoms with Gasteiger partial charge in [0.15, 0.2) is 0 Å². The van der Waals surface area contributed by atoms with Gasteiger partial charge in [-0.2, -0.15) is 25.3 Å². The Kier molecular flexibility index (Phi) is 13.4. The van der Waals surface area contributed by atoms with E-state index in [9.17, 15) is 29.4 Å². The summed E-state index contributed by atoms with van der Waals surface area (Å²) in [6, 6.07) is 1.71. The molecule has 4 atom stereocenters. The predicted molar refractivity (Wildman–Crippen MR) is 134 cm³/mol. The van der Waals surface area contributed by atoms with E-state index in [-0.39, 0.29) is 30.1 Å². The summed E-state index contributed by atoms with van der Waals surface area (Å²) in [5.74, 6) is -3.22. The zero-order chi connectivity index (χ0) is 25.7. The molecule has 190 valence electrons. The topological polar surface area (TPSA) is 197 Å². The highest BCUT2D eigenvalue weighted by Crippen LogP contribution is 2.12. The maximum atomic E-state index is 13.0. The van der Waals surface area contributed by atoms with Crippen molar-refractivity contribution in [3.63, 3.8) is 0 Å². The second-order valence-electron chi connectivity index (χ2n) is 7.65. The van der Waals surface area contributed by atoms with E-state index in [0.29, 0.717) is 24.9 Å². The third kappa shape index (κ3) is 10.2. The lowest BCUT2D eigenvalue weighted by Gasteiger charge is -2.24. The van der Waals surface area contributed by atoms with Gasteiger partial charge in [-0.3, -0.25) is 14.4 Å². The van der Waals surface area contributed by atoms with Gasteiger partial charge in [0.2, 0.25) is 17.7 Å². The predicted octanol–water partition coefficient (Wildman–Crippen LogP) is -1.21. The van der Waals surface area contributed by atoms with Crippen molar-refractivity contribution in [1.29, 1.82) is 0 Å². The van der Waals surface area contributed by atoms with E-state index in [0.717, 1.165) is 0 Å². The minimum atomic E-state index is -1.20. The maximum absolute atomic E-state index is 13.0. The summed E-state index contributed by atoms with van der Waals surface area (Å²) in [4.78, 5) is 49.4. The van der Waals surface area contributed by atoms with Gasteiger partial charge in [-0.05, 0) is 43.5 Å². The average molecular weight is 516 g/mol. The van der Waals surface area contributed by atoms with Gasteiger partial charge in [-0.25, -0.2) is 4.79 Å². The first-order chi connectivity index (χ1) is 16.1. The normalized spacial score (nSPS) is 14.4. The van der Waals surface area contributed by atoms with E-state index < -0.39 is 47.9 Å². The largest absolute Gasteiger partial charge is 0.508 e. The van der Waals surface area contributed by atoms with Crippen molar-refractivity contribution in [1.82, 2.24) is 16.0 Å². The molecule has 34 heavy (non-hydrogen) atoms. The third-order valence-electron chi connectivity index (χ3n) is 4.92. The molecule has 0 bridgehead atoms. The molecule has 1 rings (SSSR count). The van der Waals surface area contributed by atoms with Gasteiger partial charge in [-0.1, -0.05) is 12.1 Å². The molecule has 13 heteroatoms. The third-order valence-corrected chi connectivity index (χ3v) is 5.68. The number of thiol groups is 2. The summed E-state index contributed by atoms with van der Waals surface area (Å²) in [6.45, 7) is 0.403. The second-order valence-corrected chi connectivity index (χ2v) is 8.38. The van der Waals surface area contributed by atoms with Gasteiger partial charge >= 0.3 is 5.97 Å². The quantitative estimate of drug-likeness (QED) is 0.102. The van der Waals surface area contributed by atoms with Gasteiger partial charge in [0.25, 0.3) is 0 Å². The van der Waals surface area contributed by atoms with Crippen molar-refractivity contribution in [2.45, 2.75) is 49.9 Å². The van der Waals surface area contributed by atoms with Crippen molar-refractivity contribution in [3.05, 3.63) is 29.8 Å². The molecule has 0 saturated heterocycles. The van der Waals surface area contributed by atoms with Crippen LogP contribution in [0.25, 0.3) is 0 Å². The lowest BCUT2D eigenvalue weighted by Crippen LogP contribution is -2.58. The highest BCUT2D eigenvalue weighted by molar-refractivity contribution is 7.80. The number of nitrogens with one attached hydrogen (secondary N) is 3. The van der Waals surface area contributed by atoms with Crippen LogP contribution in [-0.2, 0) is 25.6 Å². The first kappa shape index (κ1) is 29.6. The molecule has 1 aromatic rings. The fraction of sp³-hybridized carbons (Fsp3) is 0.524. The summed E-state index contributed by atoms with van der Waals surface area (Å²) >= 11 is 8.08. The van der Waals surface area contributed by atoms with Crippen LogP contribution >= 0.6 is 25.3 Å². The molecule has 0 aliphatic carbocycles. The minimum absolute atomic E-state index is 0.0390. The number of carboxylic acid groups (broad SMARTS) is 1. The summed E-state index contributed by atoms with van der Waals surface area (Å²) < 4.78 is 0. The molecular formula is C21H33N5O6S2. The first-order valence-corrected chi connectivity index (χ1v) is 12.0. The standard InChI is InChI=1S/C21H33N5O6S2/c22-8-2-1-3-15(21(31)32)24-20(30)17(11-34)26-19(29)16(25-18(28)14(23)10-33)9-12-4-6-13(27)7-5-12/h4-7,14-17,27,33-34H,1-3,8-11,22-23H2,(H,24,30)(H,25,28)(H,26,29)(H,31,32). The molecule has 0 fully saturated rings. The second kappa shape index (κ2) is 15.4. The first-order valence-electron chi connectivity index (χ1n) is 10.7. The number of amides is 3. The highest BCUT2D eigenvalue weighted by Gasteiger charge is 2.29. The lowest BCUT2D eigenvalue weighted by molar-refractivity contribution is -0.142. The maximum Gasteiger partial charge on any atom is 0.326 e. The fourth-order valence-corrected chi connectivity index (χ4v) is 3.35. The number of hydrogen-bond donors (Lipinski definition) is 9. The number of carbonyl (C=O) groups is 4. The van der Waals surface area contributed by atoms with Gasteiger partial charge in [0.1, 0.15) is 23.9 Å². The van der Waals surface area contributed by atoms with Gasteiger partial charge < -0.3 is 37.6 Å². The zero-order valence-electron chi connectivity index (χ0n) is 18.6. The molecule has 0 saturated carbocycles. The van der Waals surface area contributed by atoms with E-state index in [2.05, 4.69) is 41.2 Å². The zero-order valence-corrected chi connectivity index (χ0v) is 20.4. The van der Waals surface area contributed by atoms with Crippen molar-refractivity contribution >= 4 is 48.9 Å². The van der Waals surface area contributed by atoms with E-state index in [4.69, 9.17) is 11.5 Å². The molecule has 0 aliphatic rings. The van der Waals surface area contributed by atoms with Crippen molar-refractivity contribution in [3.8, 4) is 5.75 Å². The smallest absolute Gasteiger partial charge is 0.326 e. The SMILES string of the molecule is NCCCCC(NC(=O)C(CS)NC(=O)C(Cc1ccc(O)cc1)NC(=O)C(N)CS)C(=O)O. The Bertz CT molecular complexity index is 826. The highest BCUT2D eigenvalue weighted by atomic mass is 32.1. The Labute approximate surface area is 209 Å². The van der Waals surface area contributed by atoms with E-state index in [1.54, 1.807) is 12.1 Å². The van der Waals surface area contributed by atoms with Crippen LogP contribution in [0, 0.1) is 0 Å². The van der Waals surface area contributed by atoms with E-state index in [1.807, 2.05) is 0 Å². The monoisotopic (exact) mass is 515 g/mol. The molecule has 3 amide bonds. The molecule has 0 aromatic heterocycles. The van der Waals surface area contributed by atoms with Crippen LogP contribution in [0.15, 0.2) is 24.3 Å². The number of nitrogens with two attached hydrogens (primary N) is 2.